The zero-order valence-electron chi connectivity index (χ0n) is 14.0. The molecule has 0 aliphatic carbocycles. The summed E-state index contributed by atoms with van der Waals surface area (Å²) in [6.07, 6.45) is -1.65. The van der Waals surface area contributed by atoms with Crippen LogP contribution in [-0.4, -0.2) is 36.3 Å². The van der Waals surface area contributed by atoms with Crippen LogP contribution in [0.2, 0.25) is 0 Å². The van der Waals surface area contributed by atoms with E-state index in [1.807, 2.05) is 12.1 Å². The second kappa shape index (κ2) is 12.4. The summed E-state index contributed by atoms with van der Waals surface area (Å²) in [7, 11) is 0. The third-order valence-corrected chi connectivity index (χ3v) is 3.09. The maximum absolute atomic E-state index is 10.5. The SMILES string of the molecule is O=C([O-])C(F)(F)F.O=C([O-])Cc1cc(C2CCOCC2)ccn1.[Li+].[Li+]. The number of carboxylic acid groups (broad SMARTS) is 2. The number of rotatable bonds is 3. The predicted octanol–water partition coefficient (Wildman–Crippen LogP) is -6.43. The molecule has 2 rings (SSSR count). The first-order valence-corrected chi connectivity index (χ1v) is 6.70. The van der Waals surface area contributed by atoms with E-state index in [9.17, 15) is 23.1 Å². The van der Waals surface area contributed by atoms with Crippen LogP contribution < -0.4 is 47.9 Å². The van der Waals surface area contributed by atoms with E-state index in [1.54, 1.807) is 6.20 Å². The fourth-order valence-electron chi connectivity index (χ4n) is 2.03. The van der Waals surface area contributed by atoms with E-state index in [0.29, 0.717) is 11.6 Å². The van der Waals surface area contributed by atoms with E-state index in [-0.39, 0.29) is 44.1 Å². The molecule has 0 bridgehead atoms. The number of alkyl halides is 3. The van der Waals surface area contributed by atoms with Gasteiger partial charge in [0.25, 0.3) is 0 Å². The molecule has 0 N–H and O–H groups in total. The number of hydrogen-bond acceptors (Lipinski definition) is 6. The molecule has 25 heavy (non-hydrogen) atoms. The van der Waals surface area contributed by atoms with Crippen LogP contribution >= 0.6 is 0 Å². The summed E-state index contributed by atoms with van der Waals surface area (Å²) in [4.78, 5) is 23.3. The number of ether oxygens (including phenoxy) is 1. The first-order valence-electron chi connectivity index (χ1n) is 6.70. The molecule has 128 valence electrons. The number of halogens is 3. The minimum Gasteiger partial charge on any atom is -0.550 e. The van der Waals surface area contributed by atoms with E-state index < -0.39 is 18.1 Å². The number of nitrogens with zero attached hydrogens (tertiary/aromatic N) is 1. The molecule has 1 aromatic heterocycles. The Morgan fingerprint density at radius 3 is 2.16 bits per heavy atom. The minimum atomic E-state index is -5.19. The molecule has 1 fully saturated rings. The summed E-state index contributed by atoms with van der Waals surface area (Å²) in [6.45, 7) is 1.56. The molecule has 1 aliphatic heterocycles. The Morgan fingerprint density at radius 2 is 1.72 bits per heavy atom. The summed E-state index contributed by atoms with van der Waals surface area (Å²) < 4.78 is 36.8. The largest absolute Gasteiger partial charge is 1.00 e. The first kappa shape index (κ1) is 26.3. The predicted molar refractivity (Wildman–Crippen MR) is 66.8 cm³/mol. The summed E-state index contributed by atoms with van der Waals surface area (Å²) in [5.74, 6) is -3.62. The monoisotopic (exact) mass is 347 g/mol. The van der Waals surface area contributed by atoms with E-state index in [1.165, 1.54) is 0 Å². The Labute approximate surface area is 166 Å². The van der Waals surface area contributed by atoms with Gasteiger partial charge in [-0.1, -0.05) is 0 Å². The Kier molecular flexibility index (Phi) is 13.0. The molecule has 1 saturated heterocycles. The second-order valence-corrected chi connectivity index (χ2v) is 4.80. The molecule has 0 radical (unpaired) electrons. The molecule has 2 heterocycles. The van der Waals surface area contributed by atoms with Crippen molar-refractivity contribution in [3.05, 3.63) is 29.6 Å². The van der Waals surface area contributed by atoms with Crippen LogP contribution in [0.15, 0.2) is 18.3 Å². The number of carbonyl (C=O) groups excluding carboxylic acids is 2. The number of aromatic nitrogens is 1. The molecule has 1 aliphatic rings. The molecule has 0 aromatic carbocycles. The van der Waals surface area contributed by atoms with Gasteiger partial charge in [-0.2, -0.15) is 13.2 Å². The molecule has 0 unspecified atom stereocenters. The number of aliphatic carboxylic acids is 2. The molecule has 11 heteroatoms. The standard InChI is InChI=1S/C12H15NO3.C2HF3O2.2Li/c14-12(15)8-11-7-10(1-4-13-11)9-2-5-16-6-3-9;3-2(4,5)1(6)7;;/h1,4,7,9H,2-3,5-6,8H2,(H,14,15);(H,6,7);;/q;;2*+1/p-2. The summed E-state index contributed by atoms with van der Waals surface area (Å²) in [5.41, 5.74) is 1.73. The molecular weight excluding hydrogens is 333 g/mol. The normalized spacial score (nSPS) is 14.2. The summed E-state index contributed by atoms with van der Waals surface area (Å²) >= 11 is 0. The molecule has 0 saturated carbocycles. The second-order valence-electron chi connectivity index (χ2n) is 4.80. The fourth-order valence-corrected chi connectivity index (χ4v) is 2.03. The van der Waals surface area contributed by atoms with Crippen molar-refractivity contribution in [1.82, 2.24) is 4.98 Å². The molecule has 0 spiro atoms. The van der Waals surface area contributed by atoms with Crippen molar-refractivity contribution in [2.75, 3.05) is 13.2 Å². The van der Waals surface area contributed by atoms with Gasteiger partial charge in [0, 0.05) is 37.5 Å². The van der Waals surface area contributed by atoms with Crippen molar-refractivity contribution in [3.8, 4) is 0 Å². The van der Waals surface area contributed by atoms with Gasteiger partial charge < -0.3 is 24.5 Å². The zero-order chi connectivity index (χ0) is 17.5. The van der Waals surface area contributed by atoms with Crippen LogP contribution in [0.3, 0.4) is 0 Å². The third-order valence-electron chi connectivity index (χ3n) is 3.09. The van der Waals surface area contributed by atoms with Gasteiger partial charge in [0.05, 0.1) is 0 Å². The van der Waals surface area contributed by atoms with Crippen molar-refractivity contribution >= 4 is 11.9 Å². The topological polar surface area (TPSA) is 102 Å². The van der Waals surface area contributed by atoms with Gasteiger partial charge in [0.1, 0.15) is 5.97 Å². The van der Waals surface area contributed by atoms with Gasteiger partial charge in [-0.3, -0.25) is 4.98 Å². The van der Waals surface area contributed by atoms with Gasteiger partial charge in [0.2, 0.25) is 0 Å². The molecule has 6 nitrogen and oxygen atoms in total. The van der Waals surface area contributed by atoms with Crippen molar-refractivity contribution < 1.29 is 75.4 Å². The van der Waals surface area contributed by atoms with Crippen molar-refractivity contribution in [2.45, 2.75) is 31.4 Å². The van der Waals surface area contributed by atoms with E-state index in [4.69, 9.17) is 14.6 Å². The quantitative estimate of drug-likeness (QED) is 0.504. The number of pyridine rings is 1. The fraction of sp³-hybridized carbons (Fsp3) is 0.500. The van der Waals surface area contributed by atoms with E-state index >= 15 is 0 Å². The smallest absolute Gasteiger partial charge is 0.550 e. The molecular formula is C14H14F3Li2NO5. The number of hydrogen-bond donors (Lipinski definition) is 0. The van der Waals surface area contributed by atoms with Gasteiger partial charge in [-0.15, -0.1) is 0 Å². The van der Waals surface area contributed by atoms with Crippen LogP contribution in [-0.2, 0) is 20.7 Å². The van der Waals surface area contributed by atoms with Gasteiger partial charge in [-0.05, 0) is 36.5 Å². The van der Waals surface area contributed by atoms with Crippen LogP contribution in [0.5, 0.6) is 0 Å². The maximum atomic E-state index is 10.5. The molecule has 0 atom stereocenters. The van der Waals surface area contributed by atoms with E-state index in [2.05, 4.69) is 4.98 Å². The average molecular weight is 347 g/mol. The van der Waals surface area contributed by atoms with Crippen molar-refractivity contribution in [2.24, 2.45) is 0 Å². The van der Waals surface area contributed by atoms with Gasteiger partial charge >= 0.3 is 43.9 Å². The summed E-state index contributed by atoms with van der Waals surface area (Å²) in [5, 5.41) is 19.3. The van der Waals surface area contributed by atoms with Crippen LogP contribution in [0, 0.1) is 0 Å². The third kappa shape index (κ3) is 10.6. The number of carbonyl (C=O) groups is 2. The molecule has 0 amide bonds. The maximum Gasteiger partial charge on any atom is 1.00 e. The van der Waals surface area contributed by atoms with Crippen molar-refractivity contribution in [1.29, 1.82) is 0 Å². The Morgan fingerprint density at radius 1 is 1.20 bits per heavy atom. The Balaban J connectivity index is 0. The number of carboxylic acids is 2. The van der Waals surface area contributed by atoms with E-state index in [0.717, 1.165) is 31.6 Å². The first-order chi connectivity index (χ1) is 10.7. The van der Waals surface area contributed by atoms with Crippen molar-refractivity contribution in [3.63, 3.8) is 0 Å². The minimum absolute atomic E-state index is 0. The Bertz CT molecular complexity index is 552. The van der Waals surface area contributed by atoms with Gasteiger partial charge in [0.15, 0.2) is 0 Å². The Hall–Kier alpha value is -0.965. The average Bonchev–Trinajstić information content (AvgIpc) is 2.47. The molecule has 1 aromatic rings. The van der Waals surface area contributed by atoms with Crippen LogP contribution in [0.4, 0.5) is 13.2 Å². The zero-order valence-corrected chi connectivity index (χ0v) is 14.0. The van der Waals surface area contributed by atoms with Gasteiger partial charge in [-0.25, -0.2) is 0 Å². The summed E-state index contributed by atoms with van der Waals surface area (Å²) in [6, 6.07) is 3.82. The van der Waals surface area contributed by atoms with Crippen LogP contribution in [0.25, 0.3) is 0 Å². The van der Waals surface area contributed by atoms with Crippen LogP contribution in [0.1, 0.15) is 30.0 Å².